The van der Waals surface area contributed by atoms with Gasteiger partial charge in [-0.05, 0) is 31.0 Å². The van der Waals surface area contributed by atoms with Gasteiger partial charge in [0.25, 0.3) is 5.91 Å². The molecule has 0 spiro atoms. The zero-order valence-electron chi connectivity index (χ0n) is 12.6. The Hall–Kier alpha value is -2.83. The van der Waals surface area contributed by atoms with Gasteiger partial charge >= 0.3 is 0 Å². The molecule has 1 fully saturated rings. The second-order valence-corrected chi connectivity index (χ2v) is 5.67. The second kappa shape index (κ2) is 5.75. The molecule has 4 heterocycles. The number of likely N-dealkylation sites (tertiary alicyclic amines) is 1. The van der Waals surface area contributed by atoms with Crippen LogP contribution in [0, 0.1) is 0 Å². The number of carbonyl (C=O) groups excluding carboxylic acids is 1. The molecule has 7 heteroatoms. The molecule has 1 aliphatic heterocycles. The highest BCUT2D eigenvalue weighted by Gasteiger charge is 2.31. The van der Waals surface area contributed by atoms with E-state index in [4.69, 9.17) is 4.42 Å². The van der Waals surface area contributed by atoms with Gasteiger partial charge in [-0.1, -0.05) is 0 Å². The molecule has 1 saturated heterocycles. The van der Waals surface area contributed by atoms with Crippen molar-refractivity contribution in [2.75, 3.05) is 6.54 Å². The smallest absolute Gasteiger partial charge is 0.274 e. The highest BCUT2D eigenvalue weighted by Crippen LogP contribution is 2.23. The van der Waals surface area contributed by atoms with Gasteiger partial charge in [0, 0.05) is 25.0 Å². The van der Waals surface area contributed by atoms with Crippen LogP contribution < -0.4 is 0 Å². The second-order valence-electron chi connectivity index (χ2n) is 5.67. The van der Waals surface area contributed by atoms with Crippen molar-refractivity contribution in [2.24, 2.45) is 0 Å². The summed E-state index contributed by atoms with van der Waals surface area (Å²) in [5.41, 5.74) is 1.13. The van der Waals surface area contributed by atoms with E-state index in [9.17, 15) is 4.79 Å². The van der Waals surface area contributed by atoms with Gasteiger partial charge in [-0.15, -0.1) is 0 Å². The number of aromatic nitrogens is 4. The lowest BCUT2D eigenvalue weighted by molar-refractivity contribution is 0.0715. The summed E-state index contributed by atoms with van der Waals surface area (Å²) in [5.74, 6) is 0.625. The molecule has 0 bridgehead atoms. The summed E-state index contributed by atoms with van der Waals surface area (Å²) in [5, 5.41) is 11.2. The first-order valence-electron chi connectivity index (χ1n) is 7.69. The minimum atomic E-state index is -0.0475. The molecule has 23 heavy (non-hydrogen) atoms. The van der Waals surface area contributed by atoms with E-state index in [2.05, 4.69) is 15.3 Å². The molecule has 118 valence electrons. The van der Waals surface area contributed by atoms with Gasteiger partial charge in [-0.2, -0.15) is 10.2 Å². The Morgan fingerprint density at radius 3 is 3.17 bits per heavy atom. The molecule has 0 aliphatic carbocycles. The summed E-state index contributed by atoms with van der Waals surface area (Å²) in [4.78, 5) is 14.6. The van der Waals surface area contributed by atoms with Gasteiger partial charge < -0.3 is 9.32 Å². The quantitative estimate of drug-likeness (QED) is 0.801. The van der Waals surface area contributed by atoms with E-state index in [1.54, 1.807) is 24.6 Å². The van der Waals surface area contributed by atoms with Gasteiger partial charge in [-0.25, -0.2) is 0 Å². The van der Waals surface area contributed by atoms with E-state index in [0.29, 0.717) is 23.7 Å². The number of nitrogens with zero attached hydrogens (tertiary/aromatic N) is 4. The third-order valence-corrected chi connectivity index (χ3v) is 4.18. The maximum absolute atomic E-state index is 12.8. The van der Waals surface area contributed by atoms with Crippen molar-refractivity contribution >= 4 is 5.91 Å². The number of furan rings is 1. The van der Waals surface area contributed by atoms with Crippen molar-refractivity contribution in [3.63, 3.8) is 0 Å². The predicted octanol–water partition coefficient (Wildman–Crippen LogP) is 2.17. The van der Waals surface area contributed by atoms with Gasteiger partial charge in [0.15, 0.2) is 11.5 Å². The summed E-state index contributed by atoms with van der Waals surface area (Å²) >= 11 is 0. The number of rotatable bonds is 4. The lowest BCUT2D eigenvalue weighted by atomic mass is 10.2. The molecular weight excluding hydrogens is 294 g/mol. The first-order valence-corrected chi connectivity index (χ1v) is 7.69. The molecule has 3 aromatic heterocycles. The molecule has 0 radical (unpaired) electrons. The maximum Gasteiger partial charge on any atom is 0.274 e. The van der Waals surface area contributed by atoms with Crippen LogP contribution in [0.4, 0.5) is 0 Å². The van der Waals surface area contributed by atoms with E-state index in [-0.39, 0.29) is 11.9 Å². The minimum Gasteiger partial charge on any atom is -0.463 e. The Morgan fingerprint density at radius 2 is 2.39 bits per heavy atom. The minimum absolute atomic E-state index is 0.0475. The van der Waals surface area contributed by atoms with Gasteiger partial charge in [0.05, 0.1) is 18.8 Å². The molecule has 4 rings (SSSR count). The number of hydrogen-bond donors (Lipinski definition) is 1. The number of nitrogens with one attached hydrogen (secondary N) is 1. The van der Waals surface area contributed by atoms with E-state index in [0.717, 1.165) is 19.4 Å². The Labute approximate surface area is 132 Å². The van der Waals surface area contributed by atoms with Crippen molar-refractivity contribution in [1.82, 2.24) is 24.9 Å². The van der Waals surface area contributed by atoms with E-state index >= 15 is 0 Å². The lowest BCUT2D eigenvalue weighted by Gasteiger charge is -2.23. The molecule has 3 aromatic rings. The molecular formula is C16H17N5O2. The largest absolute Gasteiger partial charge is 0.463 e. The fourth-order valence-corrected chi connectivity index (χ4v) is 3.05. The maximum atomic E-state index is 12.8. The summed E-state index contributed by atoms with van der Waals surface area (Å²) in [6.07, 6.45) is 7.27. The average Bonchev–Trinajstić information content (AvgIpc) is 3.33. The number of H-pyrrole nitrogens is 1. The standard InChI is InChI=1S/C16H17N5O2/c22-16(14-10-13(18-19-14)15-5-2-9-23-15)21-8-1-4-12(21)11-20-7-3-6-17-20/h2-3,5-7,9-10,12H,1,4,8,11H2,(H,18,19)/t12-/m0/s1. The highest BCUT2D eigenvalue weighted by molar-refractivity contribution is 5.93. The Bertz CT molecular complexity index is 775. The fourth-order valence-electron chi connectivity index (χ4n) is 3.05. The fraction of sp³-hybridized carbons (Fsp3) is 0.312. The van der Waals surface area contributed by atoms with Crippen molar-refractivity contribution in [2.45, 2.75) is 25.4 Å². The van der Waals surface area contributed by atoms with Crippen LogP contribution in [0.5, 0.6) is 0 Å². The number of aromatic amines is 1. The van der Waals surface area contributed by atoms with E-state index in [1.807, 2.05) is 27.9 Å². The Morgan fingerprint density at radius 1 is 1.43 bits per heavy atom. The third-order valence-electron chi connectivity index (χ3n) is 4.18. The predicted molar refractivity (Wildman–Crippen MR) is 82.6 cm³/mol. The number of hydrogen-bond acceptors (Lipinski definition) is 4. The van der Waals surface area contributed by atoms with Crippen LogP contribution in [0.15, 0.2) is 47.3 Å². The SMILES string of the molecule is O=C(c1cc(-c2ccco2)[nH]n1)N1CCC[C@H]1Cn1cccn1. The van der Waals surface area contributed by atoms with Crippen LogP contribution in [0.25, 0.3) is 11.5 Å². The zero-order chi connectivity index (χ0) is 15.6. The molecule has 0 saturated carbocycles. The Balaban J connectivity index is 1.51. The van der Waals surface area contributed by atoms with Crippen molar-refractivity contribution in [3.8, 4) is 11.5 Å². The van der Waals surface area contributed by atoms with Crippen molar-refractivity contribution in [3.05, 3.63) is 48.6 Å². The van der Waals surface area contributed by atoms with Crippen LogP contribution in [-0.2, 0) is 6.54 Å². The summed E-state index contributed by atoms with van der Waals surface area (Å²) in [6.45, 7) is 1.47. The lowest BCUT2D eigenvalue weighted by Crippen LogP contribution is -2.38. The van der Waals surface area contributed by atoms with Gasteiger partial charge in [0.2, 0.25) is 0 Å². The number of carbonyl (C=O) groups is 1. The van der Waals surface area contributed by atoms with Crippen molar-refractivity contribution in [1.29, 1.82) is 0 Å². The van der Waals surface area contributed by atoms with Gasteiger partial charge in [0.1, 0.15) is 5.69 Å². The first-order chi connectivity index (χ1) is 11.3. The van der Waals surface area contributed by atoms with Crippen molar-refractivity contribution < 1.29 is 9.21 Å². The van der Waals surface area contributed by atoms with E-state index in [1.165, 1.54) is 0 Å². The van der Waals surface area contributed by atoms with Crippen LogP contribution in [0.2, 0.25) is 0 Å². The zero-order valence-corrected chi connectivity index (χ0v) is 12.6. The summed E-state index contributed by atoms with van der Waals surface area (Å²) in [6, 6.07) is 7.43. The molecule has 1 amide bonds. The van der Waals surface area contributed by atoms with Crippen LogP contribution in [0.1, 0.15) is 23.3 Å². The molecule has 0 aromatic carbocycles. The van der Waals surface area contributed by atoms with Crippen LogP contribution >= 0.6 is 0 Å². The third kappa shape index (κ3) is 2.65. The highest BCUT2D eigenvalue weighted by atomic mass is 16.3. The van der Waals surface area contributed by atoms with Gasteiger partial charge in [-0.3, -0.25) is 14.6 Å². The first kappa shape index (κ1) is 13.8. The molecule has 1 atom stereocenters. The Kier molecular flexibility index (Phi) is 3.45. The van der Waals surface area contributed by atoms with E-state index < -0.39 is 0 Å². The molecule has 0 unspecified atom stereocenters. The summed E-state index contributed by atoms with van der Waals surface area (Å²) in [7, 11) is 0. The monoisotopic (exact) mass is 311 g/mol. The number of amides is 1. The molecule has 1 aliphatic rings. The summed E-state index contributed by atoms with van der Waals surface area (Å²) < 4.78 is 7.19. The van der Waals surface area contributed by atoms with Crippen LogP contribution in [0.3, 0.4) is 0 Å². The average molecular weight is 311 g/mol. The topological polar surface area (TPSA) is 80.0 Å². The van der Waals surface area contributed by atoms with Crippen LogP contribution in [-0.4, -0.2) is 43.4 Å². The molecule has 7 nitrogen and oxygen atoms in total. The molecule has 1 N–H and O–H groups in total. The normalized spacial score (nSPS) is 17.7.